The maximum absolute atomic E-state index is 12.3. The summed E-state index contributed by atoms with van der Waals surface area (Å²) in [6.07, 6.45) is 2.38. The minimum atomic E-state index is -0.397. The third-order valence-corrected chi connectivity index (χ3v) is 7.98. The van der Waals surface area contributed by atoms with Crippen molar-refractivity contribution in [3.05, 3.63) is 21.3 Å². The van der Waals surface area contributed by atoms with Crippen LogP contribution in [0.4, 0.5) is 0 Å². The van der Waals surface area contributed by atoms with Crippen LogP contribution in [-0.2, 0) is 20.9 Å². The number of benzene rings is 1. The van der Waals surface area contributed by atoms with Crippen LogP contribution in [0.25, 0.3) is 0 Å². The van der Waals surface area contributed by atoms with E-state index < -0.39 is 5.41 Å². The summed E-state index contributed by atoms with van der Waals surface area (Å²) in [6.45, 7) is 13.7. The molecule has 0 aromatic heterocycles. The van der Waals surface area contributed by atoms with Crippen molar-refractivity contribution in [2.75, 3.05) is 46.0 Å². The Morgan fingerprint density at radius 3 is 2.26 bits per heavy atom. The first-order chi connectivity index (χ1) is 16.3. The molecule has 34 heavy (non-hydrogen) atoms. The molecule has 0 radical (unpaired) electrons. The minimum Gasteiger partial charge on any atom is -0.493 e. The lowest BCUT2D eigenvalue weighted by molar-refractivity contribution is -0.156. The van der Waals surface area contributed by atoms with Crippen LogP contribution >= 0.6 is 22.6 Å². The largest absolute Gasteiger partial charge is 0.493 e. The topological polar surface area (TPSA) is 72.8 Å². The van der Waals surface area contributed by atoms with Crippen molar-refractivity contribution in [2.45, 2.75) is 59.1 Å². The van der Waals surface area contributed by atoms with E-state index in [1.807, 2.05) is 27.7 Å². The lowest BCUT2D eigenvalue weighted by Gasteiger charge is -2.45. The summed E-state index contributed by atoms with van der Waals surface area (Å²) in [4.78, 5) is 22.9. The predicted molar refractivity (Wildman–Crippen MR) is 138 cm³/mol. The number of likely N-dealkylation sites (tertiary alicyclic amines) is 2. The van der Waals surface area contributed by atoms with Gasteiger partial charge in [0.2, 0.25) is 0 Å². The van der Waals surface area contributed by atoms with Gasteiger partial charge >= 0.3 is 5.97 Å². The zero-order chi connectivity index (χ0) is 24.3. The van der Waals surface area contributed by atoms with Crippen molar-refractivity contribution < 1.29 is 23.8 Å². The molecular weight excluding hydrogens is 549 g/mol. The fraction of sp³-hybridized carbons (Fsp3) is 0.680. The van der Waals surface area contributed by atoms with E-state index in [1.54, 1.807) is 0 Å². The minimum absolute atomic E-state index is 0.0825. The fourth-order valence-corrected chi connectivity index (χ4v) is 5.61. The van der Waals surface area contributed by atoms with E-state index in [0.29, 0.717) is 19.8 Å². The summed E-state index contributed by atoms with van der Waals surface area (Å²) in [5.74, 6) is 2.68. The van der Waals surface area contributed by atoms with E-state index in [9.17, 15) is 4.79 Å². The van der Waals surface area contributed by atoms with E-state index in [-0.39, 0.29) is 11.6 Å². The average molecular weight is 585 g/mol. The SMILES string of the molecule is CCOC(=O)C1(C)CCN(C2=NOC3(C2)CN(Cc2cc(OCC)c(I)c(OCC)c2)C3)CC1. The van der Waals surface area contributed by atoms with E-state index in [4.69, 9.17) is 19.0 Å². The Morgan fingerprint density at radius 2 is 1.71 bits per heavy atom. The summed E-state index contributed by atoms with van der Waals surface area (Å²) in [7, 11) is 0. The lowest BCUT2D eigenvalue weighted by Crippen LogP contribution is -2.61. The number of carbonyl (C=O) groups is 1. The Bertz CT molecular complexity index is 896. The number of halogens is 1. The molecule has 3 heterocycles. The third-order valence-electron chi connectivity index (χ3n) is 6.92. The van der Waals surface area contributed by atoms with Gasteiger partial charge in [-0.2, -0.15) is 0 Å². The Kier molecular flexibility index (Phi) is 7.81. The van der Waals surface area contributed by atoms with Crippen molar-refractivity contribution in [1.29, 1.82) is 0 Å². The number of hydrogen-bond donors (Lipinski definition) is 0. The molecule has 1 aromatic carbocycles. The molecule has 3 aliphatic rings. The first kappa shape index (κ1) is 25.3. The molecule has 1 aromatic rings. The Morgan fingerprint density at radius 1 is 1.09 bits per heavy atom. The van der Waals surface area contributed by atoms with Gasteiger partial charge in [-0.3, -0.25) is 9.69 Å². The second kappa shape index (κ2) is 10.5. The number of hydrogen-bond acceptors (Lipinski definition) is 8. The highest BCUT2D eigenvalue weighted by Crippen LogP contribution is 2.39. The number of ether oxygens (including phenoxy) is 3. The van der Waals surface area contributed by atoms with E-state index in [0.717, 1.165) is 72.9 Å². The fourth-order valence-electron chi connectivity index (χ4n) is 4.99. The molecule has 0 saturated carbocycles. The average Bonchev–Trinajstić information content (AvgIpc) is 3.23. The number of carbonyl (C=O) groups excluding carboxylic acids is 1. The van der Waals surface area contributed by atoms with Gasteiger partial charge in [0.15, 0.2) is 5.60 Å². The number of rotatable bonds is 8. The van der Waals surface area contributed by atoms with Crippen molar-refractivity contribution in [3.63, 3.8) is 0 Å². The molecule has 2 fully saturated rings. The highest BCUT2D eigenvalue weighted by atomic mass is 127. The molecule has 0 amide bonds. The Labute approximate surface area is 216 Å². The van der Waals surface area contributed by atoms with Gasteiger partial charge in [0, 0.05) is 32.7 Å². The quantitative estimate of drug-likeness (QED) is 0.337. The van der Waals surface area contributed by atoms with Gasteiger partial charge in [0.05, 0.1) is 35.2 Å². The highest BCUT2D eigenvalue weighted by molar-refractivity contribution is 14.1. The van der Waals surface area contributed by atoms with Gasteiger partial charge in [-0.1, -0.05) is 5.16 Å². The molecule has 1 spiro atoms. The molecular formula is C25H36IN3O5. The molecule has 8 nitrogen and oxygen atoms in total. The maximum atomic E-state index is 12.3. The van der Waals surface area contributed by atoms with Gasteiger partial charge in [-0.05, 0) is 80.8 Å². The zero-order valence-corrected chi connectivity index (χ0v) is 22.9. The van der Waals surface area contributed by atoms with Crippen LogP contribution in [0.2, 0.25) is 0 Å². The van der Waals surface area contributed by atoms with Crippen LogP contribution in [-0.4, -0.2) is 73.2 Å². The maximum Gasteiger partial charge on any atom is 0.311 e. The van der Waals surface area contributed by atoms with E-state index in [1.165, 1.54) is 5.56 Å². The second-order valence-electron chi connectivity index (χ2n) is 9.64. The summed E-state index contributed by atoms with van der Waals surface area (Å²) >= 11 is 2.29. The molecule has 0 bridgehead atoms. The van der Waals surface area contributed by atoms with Crippen molar-refractivity contribution >= 4 is 34.4 Å². The van der Waals surface area contributed by atoms with Crippen LogP contribution in [0.1, 0.15) is 52.5 Å². The van der Waals surface area contributed by atoms with Crippen molar-refractivity contribution in [1.82, 2.24) is 9.80 Å². The standard InChI is InChI=1S/C25H36IN3O5/c1-5-31-19-12-18(13-20(22(19)26)32-6-2)15-28-16-25(17-28)14-21(27-34-25)29-10-8-24(4,9-11-29)23(30)33-7-3/h12-13H,5-11,14-17H2,1-4H3. The van der Waals surface area contributed by atoms with Crippen LogP contribution in [0, 0.1) is 8.99 Å². The number of amidine groups is 1. The van der Waals surface area contributed by atoms with Gasteiger partial charge in [-0.25, -0.2) is 0 Å². The first-order valence-corrected chi connectivity index (χ1v) is 13.4. The molecule has 0 N–H and O–H groups in total. The summed E-state index contributed by atoms with van der Waals surface area (Å²) in [5.41, 5.74) is 0.549. The van der Waals surface area contributed by atoms with Crippen molar-refractivity contribution in [2.24, 2.45) is 10.6 Å². The Balaban J connectivity index is 1.30. The number of piperidine rings is 1. The van der Waals surface area contributed by atoms with Gasteiger partial charge in [0.25, 0.3) is 0 Å². The van der Waals surface area contributed by atoms with Gasteiger partial charge < -0.3 is 23.9 Å². The Hall–Kier alpha value is -1.75. The third kappa shape index (κ3) is 5.24. The predicted octanol–water partition coefficient (Wildman–Crippen LogP) is 4.04. The molecule has 0 atom stereocenters. The van der Waals surface area contributed by atoms with Crippen LogP contribution in [0.5, 0.6) is 11.5 Å². The van der Waals surface area contributed by atoms with Crippen LogP contribution in [0.15, 0.2) is 17.3 Å². The normalized spacial score (nSPS) is 21.0. The summed E-state index contributed by atoms with van der Waals surface area (Å²) < 4.78 is 18.0. The molecule has 188 valence electrons. The summed E-state index contributed by atoms with van der Waals surface area (Å²) in [5, 5.41) is 4.45. The van der Waals surface area contributed by atoms with Gasteiger partial charge in [0.1, 0.15) is 17.3 Å². The molecule has 9 heteroatoms. The summed E-state index contributed by atoms with van der Waals surface area (Å²) in [6, 6.07) is 4.23. The van der Waals surface area contributed by atoms with E-state index in [2.05, 4.69) is 49.7 Å². The second-order valence-corrected chi connectivity index (χ2v) is 10.7. The van der Waals surface area contributed by atoms with Crippen molar-refractivity contribution in [3.8, 4) is 11.5 Å². The smallest absolute Gasteiger partial charge is 0.311 e. The number of esters is 1. The molecule has 2 saturated heterocycles. The highest BCUT2D eigenvalue weighted by Gasteiger charge is 2.51. The molecule has 0 unspecified atom stereocenters. The number of oxime groups is 1. The molecule has 0 aliphatic carbocycles. The monoisotopic (exact) mass is 585 g/mol. The molecule has 4 rings (SSSR count). The van der Waals surface area contributed by atoms with Crippen LogP contribution < -0.4 is 9.47 Å². The lowest BCUT2D eigenvalue weighted by atomic mass is 9.80. The van der Waals surface area contributed by atoms with Crippen LogP contribution in [0.3, 0.4) is 0 Å². The number of nitrogens with zero attached hydrogens (tertiary/aromatic N) is 3. The zero-order valence-electron chi connectivity index (χ0n) is 20.7. The first-order valence-electron chi connectivity index (χ1n) is 12.3. The molecule has 3 aliphatic heterocycles. The van der Waals surface area contributed by atoms with E-state index >= 15 is 0 Å². The van der Waals surface area contributed by atoms with Gasteiger partial charge in [-0.15, -0.1) is 0 Å².